The standard InChI is InChI=1S/C13H20N2O2/c1-13(2,3)17-9-12(16)15-8-10-5-4-6-11(14)7-10/h4-7H,8-9,14H2,1-3H3,(H,15,16). The number of nitrogens with two attached hydrogens (primary N) is 1. The first-order valence-corrected chi connectivity index (χ1v) is 5.62. The van der Waals surface area contributed by atoms with Gasteiger partial charge in [0.2, 0.25) is 5.91 Å². The van der Waals surface area contributed by atoms with E-state index in [1.807, 2.05) is 45.0 Å². The van der Waals surface area contributed by atoms with Crippen molar-refractivity contribution in [3.05, 3.63) is 29.8 Å². The molecule has 0 radical (unpaired) electrons. The monoisotopic (exact) mass is 236 g/mol. The Bertz CT molecular complexity index is 383. The Kier molecular flexibility index (Phi) is 4.52. The highest BCUT2D eigenvalue weighted by Crippen LogP contribution is 2.07. The molecule has 0 spiro atoms. The number of carbonyl (C=O) groups is 1. The summed E-state index contributed by atoms with van der Waals surface area (Å²) in [6.07, 6.45) is 0. The molecule has 0 saturated heterocycles. The predicted molar refractivity (Wildman–Crippen MR) is 68.4 cm³/mol. The summed E-state index contributed by atoms with van der Waals surface area (Å²) in [5.41, 5.74) is 7.02. The van der Waals surface area contributed by atoms with Crippen LogP contribution in [0.25, 0.3) is 0 Å². The number of hydrogen-bond acceptors (Lipinski definition) is 3. The van der Waals surface area contributed by atoms with Crippen molar-refractivity contribution >= 4 is 11.6 Å². The molecule has 0 aliphatic heterocycles. The molecular weight excluding hydrogens is 216 g/mol. The molecule has 0 heterocycles. The lowest BCUT2D eigenvalue weighted by Gasteiger charge is -2.19. The van der Waals surface area contributed by atoms with Gasteiger partial charge in [0.25, 0.3) is 0 Å². The van der Waals surface area contributed by atoms with E-state index in [2.05, 4.69) is 5.32 Å². The van der Waals surface area contributed by atoms with E-state index in [9.17, 15) is 4.79 Å². The van der Waals surface area contributed by atoms with Crippen molar-refractivity contribution in [3.63, 3.8) is 0 Å². The van der Waals surface area contributed by atoms with Gasteiger partial charge in [-0.2, -0.15) is 0 Å². The van der Waals surface area contributed by atoms with Gasteiger partial charge in [-0.05, 0) is 38.5 Å². The van der Waals surface area contributed by atoms with E-state index in [0.717, 1.165) is 5.56 Å². The molecule has 0 unspecified atom stereocenters. The van der Waals surface area contributed by atoms with Crippen molar-refractivity contribution < 1.29 is 9.53 Å². The number of benzene rings is 1. The molecule has 4 heteroatoms. The van der Waals surface area contributed by atoms with E-state index < -0.39 is 0 Å². The highest BCUT2D eigenvalue weighted by molar-refractivity contribution is 5.77. The van der Waals surface area contributed by atoms with Gasteiger partial charge in [-0.15, -0.1) is 0 Å². The third kappa shape index (κ3) is 5.92. The zero-order valence-corrected chi connectivity index (χ0v) is 10.6. The van der Waals surface area contributed by atoms with Gasteiger partial charge in [-0.1, -0.05) is 12.1 Å². The molecule has 0 bridgehead atoms. The lowest BCUT2D eigenvalue weighted by Crippen LogP contribution is -2.31. The first-order valence-electron chi connectivity index (χ1n) is 5.62. The van der Waals surface area contributed by atoms with Crippen molar-refractivity contribution in [1.29, 1.82) is 0 Å². The Balaban J connectivity index is 2.33. The molecular formula is C13H20N2O2. The van der Waals surface area contributed by atoms with Crippen LogP contribution in [-0.4, -0.2) is 18.1 Å². The minimum atomic E-state index is -0.297. The summed E-state index contributed by atoms with van der Waals surface area (Å²) in [4.78, 5) is 11.5. The van der Waals surface area contributed by atoms with Crippen molar-refractivity contribution in [2.75, 3.05) is 12.3 Å². The Morgan fingerprint density at radius 3 is 2.71 bits per heavy atom. The van der Waals surface area contributed by atoms with Crippen molar-refractivity contribution in [3.8, 4) is 0 Å². The molecule has 0 aliphatic carbocycles. The molecule has 3 N–H and O–H groups in total. The van der Waals surface area contributed by atoms with Gasteiger partial charge in [0.1, 0.15) is 6.61 Å². The lowest BCUT2D eigenvalue weighted by molar-refractivity contribution is -0.130. The summed E-state index contributed by atoms with van der Waals surface area (Å²) in [5, 5.41) is 2.78. The molecule has 0 saturated carbocycles. The van der Waals surface area contributed by atoms with Crippen LogP contribution in [0.4, 0.5) is 5.69 Å². The van der Waals surface area contributed by atoms with Crippen molar-refractivity contribution in [1.82, 2.24) is 5.32 Å². The number of anilines is 1. The first-order chi connectivity index (χ1) is 7.87. The minimum absolute atomic E-state index is 0.0752. The molecule has 1 amide bonds. The Morgan fingerprint density at radius 1 is 1.41 bits per heavy atom. The second kappa shape index (κ2) is 5.68. The molecule has 1 aromatic rings. The van der Waals surface area contributed by atoms with Crippen LogP contribution in [0.3, 0.4) is 0 Å². The fraction of sp³-hybridized carbons (Fsp3) is 0.462. The first kappa shape index (κ1) is 13.5. The summed E-state index contributed by atoms with van der Waals surface area (Å²) in [5.74, 6) is -0.123. The average Bonchev–Trinajstić information content (AvgIpc) is 2.23. The van der Waals surface area contributed by atoms with E-state index in [1.165, 1.54) is 0 Å². The van der Waals surface area contributed by atoms with Crippen LogP contribution in [0.5, 0.6) is 0 Å². The van der Waals surface area contributed by atoms with E-state index in [0.29, 0.717) is 12.2 Å². The van der Waals surface area contributed by atoms with Gasteiger partial charge in [-0.3, -0.25) is 4.79 Å². The fourth-order valence-corrected chi connectivity index (χ4v) is 1.24. The maximum Gasteiger partial charge on any atom is 0.246 e. The molecule has 0 aliphatic rings. The number of ether oxygens (including phenoxy) is 1. The van der Waals surface area contributed by atoms with Crippen LogP contribution >= 0.6 is 0 Å². The molecule has 94 valence electrons. The van der Waals surface area contributed by atoms with Crippen molar-refractivity contribution in [2.24, 2.45) is 0 Å². The third-order valence-corrected chi connectivity index (χ3v) is 2.08. The van der Waals surface area contributed by atoms with Crippen LogP contribution < -0.4 is 11.1 Å². The smallest absolute Gasteiger partial charge is 0.246 e. The summed E-state index contributed by atoms with van der Waals surface area (Å²) >= 11 is 0. The van der Waals surface area contributed by atoms with Gasteiger partial charge >= 0.3 is 0 Å². The van der Waals surface area contributed by atoms with Crippen LogP contribution in [0.2, 0.25) is 0 Å². The molecule has 0 fully saturated rings. The number of amides is 1. The molecule has 4 nitrogen and oxygen atoms in total. The normalized spacial score (nSPS) is 11.2. The summed E-state index contributed by atoms with van der Waals surface area (Å²) in [7, 11) is 0. The van der Waals surface area contributed by atoms with Crippen molar-refractivity contribution in [2.45, 2.75) is 32.9 Å². The molecule has 17 heavy (non-hydrogen) atoms. The number of hydrogen-bond donors (Lipinski definition) is 2. The van der Waals surface area contributed by atoms with E-state index >= 15 is 0 Å². The molecule has 0 aromatic heterocycles. The minimum Gasteiger partial charge on any atom is -0.399 e. The Morgan fingerprint density at radius 2 is 2.12 bits per heavy atom. The number of nitrogens with one attached hydrogen (secondary N) is 1. The second-order valence-electron chi connectivity index (χ2n) is 4.92. The second-order valence-corrected chi connectivity index (χ2v) is 4.92. The highest BCUT2D eigenvalue weighted by Gasteiger charge is 2.12. The summed E-state index contributed by atoms with van der Waals surface area (Å²) in [6.45, 7) is 6.29. The highest BCUT2D eigenvalue weighted by atomic mass is 16.5. The van der Waals surface area contributed by atoms with E-state index in [4.69, 9.17) is 10.5 Å². The zero-order valence-electron chi connectivity index (χ0n) is 10.6. The van der Waals surface area contributed by atoms with Crippen LogP contribution in [-0.2, 0) is 16.1 Å². The molecule has 0 atom stereocenters. The van der Waals surface area contributed by atoms with Gasteiger partial charge in [0.15, 0.2) is 0 Å². The van der Waals surface area contributed by atoms with Gasteiger partial charge < -0.3 is 15.8 Å². The third-order valence-electron chi connectivity index (χ3n) is 2.08. The SMILES string of the molecule is CC(C)(C)OCC(=O)NCc1cccc(N)c1. The zero-order chi connectivity index (χ0) is 12.9. The van der Waals surface area contributed by atoms with Crippen LogP contribution in [0, 0.1) is 0 Å². The van der Waals surface area contributed by atoms with Gasteiger partial charge in [0, 0.05) is 12.2 Å². The maximum atomic E-state index is 11.5. The molecule has 1 aromatic carbocycles. The topological polar surface area (TPSA) is 64.3 Å². The van der Waals surface area contributed by atoms with Gasteiger partial charge in [-0.25, -0.2) is 0 Å². The maximum absolute atomic E-state index is 11.5. The quantitative estimate of drug-likeness (QED) is 0.782. The predicted octanol–water partition coefficient (Wildman–Crippen LogP) is 1.70. The largest absolute Gasteiger partial charge is 0.399 e. The fourth-order valence-electron chi connectivity index (χ4n) is 1.24. The summed E-state index contributed by atoms with van der Waals surface area (Å²) < 4.78 is 5.37. The number of carbonyl (C=O) groups excluding carboxylic acids is 1. The Labute approximate surface area is 102 Å². The Hall–Kier alpha value is -1.55. The summed E-state index contributed by atoms with van der Waals surface area (Å²) in [6, 6.07) is 7.43. The number of rotatable bonds is 4. The number of nitrogen functional groups attached to an aromatic ring is 1. The molecule has 1 rings (SSSR count). The van der Waals surface area contributed by atoms with Crippen LogP contribution in [0.15, 0.2) is 24.3 Å². The van der Waals surface area contributed by atoms with E-state index in [1.54, 1.807) is 0 Å². The van der Waals surface area contributed by atoms with Gasteiger partial charge in [0.05, 0.1) is 5.60 Å². The van der Waals surface area contributed by atoms with E-state index in [-0.39, 0.29) is 18.1 Å². The van der Waals surface area contributed by atoms with Crippen LogP contribution in [0.1, 0.15) is 26.3 Å². The lowest BCUT2D eigenvalue weighted by atomic mass is 10.2. The average molecular weight is 236 g/mol.